The van der Waals surface area contributed by atoms with Crippen molar-refractivity contribution >= 4 is 29.3 Å². The van der Waals surface area contributed by atoms with E-state index in [0.717, 1.165) is 24.7 Å². The van der Waals surface area contributed by atoms with Crippen LogP contribution < -0.4 is 16.6 Å². The molecular formula is C23H24N6O2. The molecule has 8 heteroatoms. The van der Waals surface area contributed by atoms with Gasteiger partial charge in [-0.3, -0.25) is 9.59 Å². The largest absolute Gasteiger partial charge is 0.399 e. The number of rotatable bonds is 5. The molecule has 1 fully saturated rings. The van der Waals surface area contributed by atoms with E-state index in [2.05, 4.69) is 15.3 Å². The van der Waals surface area contributed by atoms with Crippen LogP contribution in [0.25, 0.3) is 0 Å². The smallest absolute Gasteiger partial charge is 0.261 e. The maximum Gasteiger partial charge on any atom is 0.261 e. The Morgan fingerprint density at radius 1 is 1.19 bits per heavy atom. The summed E-state index contributed by atoms with van der Waals surface area (Å²) in [5, 5.41) is 10.8. The first-order chi connectivity index (χ1) is 15.0. The van der Waals surface area contributed by atoms with Crippen LogP contribution in [0, 0.1) is 5.41 Å². The number of nitrogens with one attached hydrogen (secondary N) is 3. The quantitative estimate of drug-likeness (QED) is 0.375. The Hall–Kier alpha value is -3.94. The molecule has 0 aliphatic carbocycles. The number of benzene rings is 2. The van der Waals surface area contributed by atoms with Gasteiger partial charge in [-0.2, -0.15) is 0 Å². The second kappa shape index (κ2) is 8.83. The van der Waals surface area contributed by atoms with Crippen molar-refractivity contribution in [1.82, 2.24) is 14.9 Å². The van der Waals surface area contributed by atoms with Crippen LogP contribution in [-0.4, -0.2) is 40.1 Å². The predicted molar refractivity (Wildman–Crippen MR) is 121 cm³/mol. The van der Waals surface area contributed by atoms with Gasteiger partial charge in [0.1, 0.15) is 11.6 Å². The lowest BCUT2D eigenvalue weighted by Gasteiger charge is -2.32. The highest BCUT2D eigenvalue weighted by Gasteiger charge is 2.28. The van der Waals surface area contributed by atoms with Gasteiger partial charge in [0.15, 0.2) is 0 Å². The number of hydrogen-bond acceptors (Lipinski definition) is 6. The number of likely N-dealkylation sites (tertiary alicyclic amines) is 1. The standard InChI is InChI=1S/C23H24N6O2/c24-13-19-21(26-18-6-2-1-3-7-18)27-20(28-22(19)30)16-5-4-12-29(14-16)23(31)15-8-10-17(25)11-9-15/h1-3,6-11,13,16,24H,4-5,12,14,25H2,(H2,26,27,28,30). The Bertz CT molecular complexity index is 1140. The van der Waals surface area contributed by atoms with Crippen LogP contribution in [0.1, 0.15) is 40.5 Å². The third kappa shape index (κ3) is 4.48. The van der Waals surface area contributed by atoms with Crippen LogP contribution >= 0.6 is 0 Å². The molecule has 2 aromatic carbocycles. The van der Waals surface area contributed by atoms with E-state index in [-0.39, 0.29) is 22.9 Å². The van der Waals surface area contributed by atoms with Crippen LogP contribution in [0.4, 0.5) is 17.2 Å². The summed E-state index contributed by atoms with van der Waals surface area (Å²) >= 11 is 0. The summed E-state index contributed by atoms with van der Waals surface area (Å²) in [7, 11) is 0. The number of para-hydroxylation sites is 1. The number of carbonyl (C=O) groups excluding carboxylic acids is 1. The van der Waals surface area contributed by atoms with Crippen molar-refractivity contribution in [1.29, 1.82) is 5.41 Å². The fourth-order valence-corrected chi connectivity index (χ4v) is 3.77. The summed E-state index contributed by atoms with van der Waals surface area (Å²) < 4.78 is 0. The maximum atomic E-state index is 12.9. The first kappa shape index (κ1) is 20.3. The van der Waals surface area contributed by atoms with Crippen LogP contribution in [-0.2, 0) is 0 Å². The number of nitrogens with two attached hydrogens (primary N) is 1. The van der Waals surface area contributed by atoms with E-state index in [1.807, 2.05) is 30.3 Å². The molecule has 1 aliphatic rings. The van der Waals surface area contributed by atoms with Crippen molar-refractivity contribution in [3.8, 4) is 0 Å². The molecule has 8 nitrogen and oxygen atoms in total. The van der Waals surface area contributed by atoms with Crippen LogP contribution in [0.5, 0.6) is 0 Å². The lowest BCUT2D eigenvalue weighted by atomic mass is 9.96. The van der Waals surface area contributed by atoms with E-state index in [1.165, 1.54) is 0 Å². The van der Waals surface area contributed by atoms with Crippen LogP contribution in [0.3, 0.4) is 0 Å². The van der Waals surface area contributed by atoms with Crippen molar-refractivity contribution in [3.05, 3.63) is 81.9 Å². The lowest BCUT2D eigenvalue weighted by Crippen LogP contribution is -2.40. The molecule has 1 aliphatic heterocycles. The van der Waals surface area contributed by atoms with Gasteiger partial charge in [-0.05, 0) is 49.2 Å². The van der Waals surface area contributed by atoms with Gasteiger partial charge in [0, 0.05) is 42.2 Å². The molecule has 158 valence electrons. The number of aromatic amines is 1. The van der Waals surface area contributed by atoms with E-state index in [0.29, 0.717) is 36.0 Å². The molecule has 1 unspecified atom stereocenters. The highest BCUT2D eigenvalue weighted by atomic mass is 16.2. The van der Waals surface area contributed by atoms with Crippen LogP contribution in [0.2, 0.25) is 0 Å². The summed E-state index contributed by atoms with van der Waals surface area (Å²) in [6.07, 6.45) is 2.62. The number of aromatic nitrogens is 2. The molecule has 1 saturated heterocycles. The lowest BCUT2D eigenvalue weighted by molar-refractivity contribution is 0.0704. The van der Waals surface area contributed by atoms with Gasteiger partial charge >= 0.3 is 0 Å². The van der Waals surface area contributed by atoms with Gasteiger partial charge in [0.25, 0.3) is 11.5 Å². The molecule has 2 heterocycles. The number of hydrogen-bond donors (Lipinski definition) is 4. The van der Waals surface area contributed by atoms with E-state index in [1.54, 1.807) is 29.2 Å². The topological polar surface area (TPSA) is 128 Å². The average molecular weight is 416 g/mol. The van der Waals surface area contributed by atoms with Gasteiger partial charge in [0.05, 0.1) is 5.56 Å². The van der Waals surface area contributed by atoms with E-state index in [4.69, 9.17) is 11.1 Å². The average Bonchev–Trinajstić information content (AvgIpc) is 2.80. The number of amides is 1. The van der Waals surface area contributed by atoms with Gasteiger partial charge in [-0.25, -0.2) is 4.98 Å². The summed E-state index contributed by atoms with van der Waals surface area (Å²) in [5.41, 5.74) is 7.48. The first-order valence-electron chi connectivity index (χ1n) is 10.2. The predicted octanol–water partition coefficient (Wildman–Crippen LogP) is 3.11. The minimum atomic E-state index is -0.375. The number of nitrogens with zero attached hydrogens (tertiary/aromatic N) is 2. The highest BCUT2D eigenvalue weighted by molar-refractivity contribution is 5.94. The van der Waals surface area contributed by atoms with Gasteiger partial charge in [0.2, 0.25) is 0 Å². The second-order valence-corrected chi connectivity index (χ2v) is 7.56. The first-order valence-corrected chi connectivity index (χ1v) is 10.2. The fraction of sp³-hybridized carbons (Fsp3) is 0.217. The Morgan fingerprint density at radius 2 is 1.94 bits per heavy atom. The summed E-state index contributed by atoms with van der Waals surface area (Å²) in [6.45, 7) is 1.11. The number of H-pyrrole nitrogens is 1. The summed E-state index contributed by atoms with van der Waals surface area (Å²) in [4.78, 5) is 34.8. The van der Waals surface area contributed by atoms with Crippen molar-refractivity contribution in [2.45, 2.75) is 18.8 Å². The molecule has 3 aromatic rings. The fourth-order valence-electron chi connectivity index (χ4n) is 3.77. The third-order valence-corrected chi connectivity index (χ3v) is 5.41. The number of carbonyl (C=O) groups is 1. The van der Waals surface area contributed by atoms with Crippen molar-refractivity contribution in [2.24, 2.45) is 0 Å². The normalized spacial score (nSPS) is 16.0. The highest BCUT2D eigenvalue weighted by Crippen LogP contribution is 2.27. The third-order valence-electron chi connectivity index (χ3n) is 5.41. The Balaban J connectivity index is 1.59. The molecule has 4 rings (SSSR count). The van der Waals surface area contributed by atoms with E-state index in [9.17, 15) is 9.59 Å². The second-order valence-electron chi connectivity index (χ2n) is 7.56. The molecule has 1 atom stereocenters. The molecule has 5 N–H and O–H groups in total. The molecule has 1 aromatic heterocycles. The molecule has 0 spiro atoms. The Labute approximate surface area is 179 Å². The van der Waals surface area contributed by atoms with Crippen LogP contribution in [0.15, 0.2) is 59.4 Å². The molecule has 0 saturated carbocycles. The molecule has 1 amide bonds. The zero-order chi connectivity index (χ0) is 21.8. The summed E-state index contributed by atoms with van der Waals surface area (Å²) in [6, 6.07) is 16.3. The molecule has 31 heavy (non-hydrogen) atoms. The Kier molecular flexibility index (Phi) is 5.79. The van der Waals surface area contributed by atoms with Gasteiger partial charge < -0.3 is 26.3 Å². The minimum absolute atomic E-state index is 0.0641. The Morgan fingerprint density at radius 3 is 2.65 bits per heavy atom. The molecule has 0 bridgehead atoms. The van der Waals surface area contributed by atoms with E-state index < -0.39 is 0 Å². The summed E-state index contributed by atoms with van der Waals surface area (Å²) in [5.74, 6) is 0.687. The molecule has 0 radical (unpaired) electrons. The van der Waals surface area contributed by atoms with Crippen molar-refractivity contribution in [3.63, 3.8) is 0 Å². The number of nitrogen functional groups attached to an aromatic ring is 1. The SMILES string of the molecule is N=Cc1c(Nc2ccccc2)nc(C2CCCN(C(=O)c3ccc(N)cc3)C2)[nH]c1=O. The number of piperidine rings is 1. The van der Waals surface area contributed by atoms with Gasteiger partial charge in [-0.1, -0.05) is 18.2 Å². The van der Waals surface area contributed by atoms with Crippen molar-refractivity contribution < 1.29 is 4.79 Å². The zero-order valence-corrected chi connectivity index (χ0v) is 17.0. The van der Waals surface area contributed by atoms with Crippen molar-refractivity contribution in [2.75, 3.05) is 24.1 Å². The number of anilines is 3. The maximum absolute atomic E-state index is 12.9. The monoisotopic (exact) mass is 416 g/mol. The van der Waals surface area contributed by atoms with E-state index >= 15 is 0 Å². The zero-order valence-electron chi connectivity index (χ0n) is 17.0. The van der Waals surface area contributed by atoms with Gasteiger partial charge in [-0.15, -0.1) is 0 Å². The molecular weight excluding hydrogens is 392 g/mol. The minimum Gasteiger partial charge on any atom is -0.399 e.